The Bertz CT molecular complexity index is 3570. The first kappa shape index (κ1) is 17.3. The highest BCUT2D eigenvalue weighted by atomic mass is 16.5. The Hall–Kier alpha value is -7.24. The summed E-state index contributed by atoms with van der Waals surface area (Å²) >= 11 is 0. The van der Waals surface area contributed by atoms with Crippen LogP contribution in [0.1, 0.15) is 27.4 Å². The fourth-order valence-corrected chi connectivity index (χ4v) is 7.33. The number of ether oxygens (including phenoxy) is 2. The van der Waals surface area contributed by atoms with E-state index < -0.39 is 150 Å². The van der Waals surface area contributed by atoms with Crippen LogP contribution >= 0.6 is 0 Å². The van der Waals surface area contributed by atoms with Crippen LogP contribution in [-0.4, -0.2) is 6.71 Å². The number of benzene rings is 9. The van der Waals surface area contributed by atoms with Crippen molar-refractivity contribution in [1.29, 1.82) is 0 Å². The van der Waals surface area contributed by atoms with Crippen LogP contribution in [0.3, 0.4) is 0 Å². The van der Waals surface area contributed by atoms with Gasteiger partial charge in [0.15, 0.2) is 0 Å². The highest BCUT2D eigenvalue weighted by Gasteiger charge is 2.40. The van der Waals surface area contributed by atoms with Crippen molar-refractivity contribution in [1.82, 2.24) is 0 Å². The predicted octanol–water partition coefficient (Wildman–Crippen LogP) is 11.7. The average molecular weight is 725 g/mol. The second kappa shape index (κ2) is 12.7. The first-order chi connectivity index (χ1) is 35.5. The van der Waals surface area contributed by atoms with Gasteiger partial charge in [0.05, 0.1) is 27.4 Å². The van der Waals surface area contributed by atoms with Crippen LogP contribution in [0.15, 0.2) is 200 Å². The number of fused-ring (bicyclic) bond motifs is 6. The molecule has 2 aliphatic heterocycles. The minimum absolute atomic E-state index is 0.108. The lowest BCUT2D eigenvalue weighted by Gasteiger charge is -2.33. The molecule has 0 fully saturated rings. The molecule has 0 saturated heterocycles. The molecule has 0 saturated carbocycles. The number of hydrogen-bond donors (Lipinski definition) is 0. The van der Waals surface area contributed by atoms with E-state index in [0.717, 1.165) is 9.80 Å². The van der Waals surface area contributed by atoms with Gasteiger partial charge in [-0.15, -0.1) is 0 Å². The highest BCUT2D eigenvalue weighted by Crippen LogP contribution is 2.41. The Balaban J connectivity index is 1.08. The lowest BCUT2D eigenvalue weighted by Crippen LogP contribution is -2.57. The number of hydrogen-bond acceptors (Lipinski definition) is 4. The number of nitrogens with zero attached hydrogens (tertiary/aromatic N) is 2. The van der Waals surface area contributed by atoms with Crippen molar-refractivity contribution in [3.05, 3.63) is 200 Å². The van der Waals surface area contributed by atoms with Gasteiger partial charge in [-0.05, 0) is 129 Å². The summed E-state index contributed by atoms with van der Waals surface area (Å²) in [4.78, 5) is 2.17. The fourth-order valence-electron chi connectivity index (χ4n) is 7.33. The molecule has 11 rings (SSSR count). The van der Waals surface area contributed by atoms with E-state index in [4.69, 9.17) is 36.9 Å². The Morgan fingerprint density at radius 1 is 0.364 bits per heavy atom. The number of anilines is 6. The van der Waals surface area contributed by atoms with Crippen LogP contribution < -0.4 is 35.7 Å². The van der Waals surface area contributed by atoms with Crippen molar-refractivity contribution in [3.63, 3.8) is 0 Å². The Morgan fingerprint density at radius 3 is 1.13 bits per heavy atom. The van der Waals surface area contributed by atoms with Crippen LogP contribution in [0, 0.1) is 0 Å². The molecule has 0 radical (unpaired) electrons. The molecule has 9 aromatic carbocycles. The first-order valence-electron chi connectivity index (χ1n) is 27.1. The van der Waals surface area contributed by atoms with Gasteiger partial charge in [-0.1, -0.05) is 103 Å². The zero-order chi connectivity index (χ0) is 53.7. The van der Waals surface area contributed by atoms with Crippen LogP contribution in [-0.2, 0) is 0 Å². The van der Waals surface area contributed by atoms with Crippen LogP contribution in [0.2, 0.25) is 0 Å². The zero-order valence-electron chi connectivity index (χ0n) is 48.3. The molecule has 0 aliphatic carbocycles. The molecule has 0 atom stereocenters. The van der Waals surface area contributed by atoms with Gasteiger partial charge in [-0.25, -0.2) is 0 Å². The van der Waals surface area contributed by atoms with E-state index in [1.54, 1.807) is 66.7 Å². The second-order valence-corrected chi connectivity index (χ2v) is 12.7. The summed E-state index contributed by atoms with van der Waals surface area (Å²) in [6.45, 7) is -0.515. The molecule has 5 heteroatoms. The smallest absolute Gasteiger partial charge is 0.260 e. The summed E-state index contributed by atoms with van der Waals surface area (Å²) < 4.78 is 185. The third kappa shape index (κ3) is 5.32. The molecular weight excluding hydrogens is 671 g/mol. The first-order valence-corrected chi connectivity index (χ1v) is 17.1. The number of rotatable bonds is 6. The fraction of sp³-hybridized carbons (Fsp3) is 0. The summed E-state index contributed by atoms with van der Waals surface area (Å²) in [5, 5.41) is 2.30. The van der Waals surface area contributed by atoms with Crippen molar-refractivity contribution < 1.29 is 36.9 Å². The maximum Gasteiger partial charge on any atom is 0.260 e. The molecule has 9 aromatic rings. The normalized spacial score (nSPS) is 17.3. The maximum atomic E-state index is 8.90. The molecule has 0 amide bonds. The van der Waals surface area contributed by atoms with Crippen LogP contribution in [0.5, 0.6) is 23.0 Å². The Kier molecular flexibility index (Phi) is 3.99. The topological polar surface area (TPSA) is 24.9 Å². The molecule has 0 aromatic heterocycles. The van der Waals surface area contributed by atoms with Crippen molar-refractivity contribution in [2.45, 2.75) is 0 Å². The molecular formula is C50H33BN2O2. The third-order valence-corrected chi connectivity index (χ3v) is 9.64. The van der Waals surface area contributed by atoms with Crippen molar-refractivity contribution in [3.8, 4) is 23.0 Å². The van der Waals surface area contributed by atoms with E-state index in [1.807, 2.05) is 12.1 Å². The molecule has 0 N–H and O–H groups in total. The van der Waals surface area contributed by atoms with E-state index in [1.165, 1.54) is 0 Å². The van der Waals surface area contributed by atoms with E-state index in [2.05, 4.69) is 0 Å². The third-order valence-electron chi connectivity index (χ3n) is 9.64. The summed E-state index contributed by atoms with van der Waals surface area (Å²) in [6.07, 6.45) is 0. The monoisotopic (exact) mass is 724 g/mol. The molecule has 2 heterocycles. The molecule has 4 nitrogen and oxygen atoms in total. The Morgan fingerprint density at radius 2 is 0.745 bits per heavy atom. The summed E-state index contributed by atoms with van der Waals surface area (Å²) in [6, 6.07) is 8.67. The second-order valence-electron chi connectivity index (χ2n) is 12.7. The zero-order valence-corrected chi connectivity index (χ0v) is 28.3. The standard InChI is InChI=1S/C50H33BN2O2/c1-5-14-38(15-6-1)52(39-16-7-2-8-17-39)42-26-24-34-30-44-48(32-36(34)28-42)54-46-22-13-23-47-50(46)51(44)45-31-35-25-27-43(29-37(35)33-49(45)55-47)53(40-18-9-3-10-19-40)41-20-11-4-12-21-41/h1-33H/i1D,2D,3D,4D,5D,6D,7D,8D,9D,10D,11D,12D,14D,15D,16D,17D,18D,19D,20D,21D. The SMILES string of the molecule is [2H]c1c([2H])c([2H])c(N(c2ccc3cc4c(cc3c2)Oc2cccc3c2B4c2cc4ccc(N(c5c([2H])c([2H])c([2H])c([2H])c5[2H])c5c([2H])c([2H])c([2H])c([2H])c5[2H])cc4cc2O3)c2c([2H])c([2H])c([2H])c([2H])c2[2H])c([2H])c1[2H]. The van der Waals surface area contributed by atoms with Gasteiger partial charge in [-0.2, -0.15) is 0 Å². The van der Waals surface area contributed by atoms with Gasteiger partial charge in [0.2, 0.25) is 0 Å². The van der Waals surface area contributed by atoms with Crippen molar-refractivity contribution in [2.24, 2.45) is 0 Å². The summed E-state index contributed by atoms with van der Waals surface area (Å²) in [5.41, 5.74) is 0.578. The molecule has 0 unspecified atom stereocenters. The lowest BCUT2D eigenvalue weighted by molar-refractivity contribution is 0.465. The van der Waals surface area contributed by atoms with E-state index in [9.17, 15) is 0 Å². The van der Waals surface area contributed by atoms with E-state index in [0.29, 0.717) is 60.9 Å². The van der Waals surface area contributed by atoms with Crippen LogP contribution in [0.4, 0.5) is 34.1 Å². The predicted molar refractivity (Wildman–Crippen MR) is 229 cm³/mol. The highest BCUT2D eigenvalue weighted by molar-refractivity contribution is 6.98. The summed E-state index contributed by atoms with van der Waals surface area (Å²) in [5.74, 6) is 1.74. The van der Waals surface area contributed by atoms with E-state index >= 15 is 0 Å². The quantitative estimate of drug-likeness (QED) is 0.159. The molecule has 258 valence electrons. The van der Waals surface area contributed by atoms with Crippen LogP contribution in [0.25, 0.3) is 21.5 Å². The number of para-hydroxylation sites is 4. The molecule has 0 bridgehead atoms. The van der Waals surface area contributed by atoms with Crippen molar-refractivity contribution in [2.75, 3.05) is 9.80 Å². The minimum atomic E-state index is -0.696. The average Bonchev–Trinajstić information content (AvgIpc) is 3.44. The largest absolute Gasteiger partial charge is 0.458 e. The van der Waals surface area contributed by atoms with Gasteiger partial charge in [0, 0.05) is 39.6 Å². The van der Waals surface area contributed by atoms with E-state index in [-0.39, 0.29) is 11.4 Å². The minimum Gasteiger partial charge on any atom is -0.458 e. The molecule has 0 spiro atoms. The van der Waals surface area contributed by atoms with Crippen molar-refractivity contribution >= 4 is 78.8 Å². The Labute approximate surface area is 348 Å². The van der Waals surface area contributed by atoms with Gasteiger partial charge >= 0.3 is 0 Å². The van der Waals surface area contributed by atoms with Gasteiger partial charge < -0.3 is 19.3 Å². The maximum absolute atomic E-state index is 8.90. The molecule has 2 aliphatic rings. The lowest BCUT2D eigenvalue weighted by atomic mass is 9.34. The van der Waals surface area contributed by atoms with Gasteiger partial charge in [-0.3, -0.25) is 0 Å². The van der Waals surface area contributed by atoms with Gasteiger partial charge in [0.25, 0.3) is 6.71 Å². The molecule has 55 heavy (non-hydrogen) atoms. The summed E-state index contributed by atoms with van der Waals surface area (Å²) in [7, 11) is 0. The van der Waals surface area contributed by atoms with Gasteiger partial charge in [0.1, 0.15) is 23.0 Å².